The summed E-state index contributed by atoms with van der Waals surface area (Å²) >= 11 is 11.8. The number of ether oxygens (including phenoxy) is 2. The van der Waals surface area contributed by atoms with E-state index in [-0.39, 0.29) is 0 Å². The molecule has 0 fully saturated rings. The van der Waals surface area contributed by atoms with Gasteiger partial charge >= 0.3 is 5.97 Å². The van der Waals surface area contributed by atoms with Crippen molar-refractivity contribution in [3.63, 3.8) is 0 Å². The molecule has 5 nitrogen and oxygen atoms in total. The molecular weight excluding hydrogens is 377 g/mol. The molecule has 0 spiro atoms. The summed E-state index contributed by atoms with van der Waals surface area (Å²) in [6.45, 7) is 3.28. The van der Waals surface area contributed by atoms with Gasteiger partial charge < -0.3 is 14.8 Å². The van der Waals surface area contributed by atoms with Crippen molar-refractivity contribution in [2.75, 3.05) is 5.32 Å². The quantitative estimate of drug-likeness (QED) is 0.688. The Morgan fingerprint density at radius 3 is 2.27 bits per heavy atom. The molecule has 0 aliphatic carbocycles. The normalized spacial score (nSPS) is 12.8. The molecule has 1 N–H and O–H groups in total. The largest absolute Gasteiger partial charge is 0.479 e. The highest BCUT2D eigenvalue weighted by atomic mass is 35.5. The highest BCUT2D eigenvalue weighted by Crippen LogP contribution is 2.22. The first kappa shape index (κ1) is 20.1. The fraction of sp³-hybridized carbons (Fsp3) is 0.263. The number of nitrogens with one attached hydrogen (secondary N) is 1. The number of benzene rings is 2. The van der Waals surface area contributed by atoms with Crippen LogP contribution in [0.1, 0.15) is 20.3 Å². The van der Waals surface area contributed by atoms with E-state index in [2.05, 4.69) is 5.32 Å². The molecule has 0 saturated heterocycles. The molecule has 0 heterocycles. The van der Waals surface area contributed by atoms with Crippen LogP contribution in [0.25, 0.3) is 0 Å². The first-order valence-corrected chi connectivity index (χ1v) is 8.83. The minimum Gasteiger partial charge on any atom is -0.479 e. The van der Waals surface area contributed by atoms with Gasteiger partial charge in [0.1, 0.15) is 5.75 Å². The highest BCUT2D eigenvalue weighted by Gasteiger charge is 2.25. The maximum atomic E-state index is 12.3. The zero-order valence-corrected chi connectivity index (χ0v) is 15.9. The summed E-state index contributed by atoms with van der Waals surface area (Å²) in [7, 11) is 0. The Bertz CT molecular complexity index is 747. The number of carbonyl (C=O) groups is 2. The first-order chi connectivity index (χ1) is 12.4. The Hall–Kier alpha value is -2.24. The molecule has 2 aromatic carbocycles. The Kier molecular flexibility index (Phi) is 7.30. The van der Waals surface area contributed by atoms with Gasteiger partial charge in [-0.25, -0.2) is 4.79 Å². The second kappa shape index (κ2) is 9.46. The van der Waals surface area contributed by atoms with E-state index < -0.39 is 24.1 Å². The minimum absolute atomic E-state index is 0.389. The number of esters is 1. The SMILES string of the molecule is CC[C@H](Oc1ccccc1)C(=O)O[C@@H](C)C(=O)Nc1cc(Cl)cc(Cl)c1. The van der Waals surface area contributed by atoms with E-state index in [1.165, 1.54) is 6.92 Å². The molecule has 0 aliphatic rings. The molecule has 0 aliphatic heterocycles. The van der Waals surface area contributed by atoms with Gasteiger partial charge in [0.2, 0.25) is 0 Å². The van der Waals surface area contributed by atoms with Crippen molar-refractivity contribution in [1.29, 1.82) is 0 Å². The fourth-order valence-corrected chi connectivity index (χ4v) is 2.66. The van der Waals surface area contributed by atoms with Crippen LogP contribution in [0.2, 0.25) is 10.0 Å². The van der Waals surface area contributed by atoms with Gasteiger partial charge in [-0.2, -0.15) is 0 Å². The lowest BCUT2D eigenvalue weighted by Crippen LogP contribution is -2.36. The van der Waals surface area contributed by atoms with Gasteiger partial charge in [-0.3, -0.25) is 4.79 Å². The van der Waals surface area contributed by atoms with E-state index >= 15 is 0 Å². The summed E-state index contributed by atoms with van der Waals surface area (Å²) < 4.78 is 10.8. The third-order valence-corrected chi connectivity index (χ3v) is 3.88. The van der Waals surface area contributed by atoms with E-state index in [9.17, 15) is 9.59 Å². The van der Waals surface area contributed by atoms with Crippen LogP contribution in [-0.4, -0.2) is 24.1 Å². The maximum Gasteiger partial charge on any atom is 0.348 e. The molecule has 0 bridgehead atoms. The lowest BCUT2D eigenvalue weighted by atomic mass is 10.2. The molecule has 2 aromatic rings. The number of rotatable bonds is 7. The molecule has 7 heteroatoms. The molecule has 0 unspecified atom stereocenters. The summed E-state index contributed by atoms with van der Waals surface area (Å²) in [5.41, 5.74) is 0.419. The van der Waals surface area contributed by atoms with Crippen LogP contribution in [0.3, 0.4) is 0 Å². The van der Waals surface area contributed by atoms with Crippen LogP contribution in [0.4, 0.5) is 5.69 Å². The summed E-state index contributed by atoms with van der Waals surface area (Å²) in [5, 5.41) is 3.39. The predicted octanol–water partition coefficient (Wildman–Crippen LogP) is 4.72. The molecule has 1 amide bonds. The van der Waals surface area contributed by atoms with E-state index in [0.29, 0.717) is 27.9 Å². The van der Waals surface area contributed by atoms with Crippen LogP contribution in [0.15, 0.2) is 48.5 Å². The smallest absolute Gasteiger partial charge is 0.348 e. The van der Waals surface area contributed by atoms with Crippen molar-refractivity contribution < 1.29 is 19.1 Å². The molecule has 2 rings (SSSR count). The van der Waals surface area contributed by atoms with Gasteiger partial charge in [-0.05, 0) is 43.7 Å². The third-order valence-electron chi connectivity index (χ3n) is 3.45. The molecule has 0 radical (unpaired) electrons. The Labute approximate surface area is 162 Å². The second-order valence-electron chi connectivity index (χ2n) is 5.55. The molecule has 0 aromatic heterocycles. The van der Waals surface area contributed by atoms with Crippen molar-refractivity contribution in [2.45, 2.75) is 32.5 Å². The second-order valence-corrected chi connectivity index (χ2v) is 6.43. The zero-order chi connectivity index (χ0) is 19.1. The average Bonchev–Trinajstić information content (AvgIpc) is 2.59. The fourth-order valence-electron chi connectivity index (χ4n) is 2.13. The number of hydrogen-bond donors (Lipinski definition) is 1. The van der Waals surface area contributed by atoms with Crippen molar-refractivity contribution in [1.82, 2.24) is 0 Å². The van der Waals surface area contributed by atoms with E-state index in [0.717, 1.165) is 0 Å². The van der Waals surface area contributed by atoms with Crippen LogP contribution in [0, 0.1) is 0 Å². The molecule has 138 valence electrons. The third kappa shape index (κ3) is 5.93. The Balaban J connectivity index is 1.94. The van der Waals surface area contributed by atoms with Crippen LogP contribution in [0.5, 0.6) is 5.75 Å². The standard InChI is InChI=1S/C19H19Cl2NO4/c1-3-17(26-16-7-5-4-6-8-16)19(24)25-12(2)18(23)22-15-10-13(20)9-14(21)11-15/h4-12,17H,3H2,1-2H3,(H,22,23)/t12-,17-/m0/s1. The lowest BCUT2D eigenvalue weighted by molar-refractivity contribution is -0.160. The van der Waals surface area contributed by atoms with Crippen molar-refractivity contribution in [3.05, 3.63) is 58.6 Å². The van der Waals surface area contributed by atoms with Gasteiger partial charge in [0.05, 0.1) is 0 Å². The minimum atomic E-state index is -1.01. The molecule has 0 saturated carbocycles. The summed E-state index contributed by atoms with van der Waals surface area (Å²) in [5.74, 6) is -0.545. The van der Waals surface area contributed by atoms with Crippen molar-refractivity contribution in [3.8, 4) is 5.75 Å². The van der Waals surface area contributed by atoms with Gasteiger partial charge in [0.25, 0.3) is 5.91 Å². The summed E-state index contributed by atoms with van der Waals surface area (Å²) in [6.07, 6.45) is -1.40. The van der Waals surface area contributed by atoms with Crippen molar-refractivity contribution >= 4 is 40.8 Å². The van der Waals surface area contributed by atoms with Crippen LogP contribution >= 0.6 is 23.2 Å². The van der Waals surface area contributed by atoms with Gasteiger partial charge in [-0.15, -0.1) is 0 Å². The molecule has 2 atom stereocenters. The Morgan fingerprint density at radius 2 is 1.69 bits per heavy atom. The van der Waals surface area contributed by atoms with Gasteiger partial charge in [0.15, 0.2) is 12.2 Å². The highest BCUT2D eigenvalue weighted by molar-refractivity contribution is 6.35. The summed E-state index contributed by atoms with van der Waals surface area (Å²) in [6, 6.07) is 13.6. The first-order valence-electron chi connectivity index (χ1n) is 8.08. The van der Waals surface area contributed by atoms with E-state index in [1.54, 1.807) is 49.4 Å². The average molecular weight is 396 g/mol. The summed E-state index contributed by atoms with van der Waals surface area (Å²) in [4.78, 5) is 24.5. The number of carbonyl (C=O) groups excluding carboxylic acids is 2. The van der Waals surface area contributed by atoms with Crippen molar-refractivity contribution in [2.24, 2.45) is 0 Å². The number of amides is 1. The number of anilines is 1. The topological polar surface area (TPSA) is 64.6 Å². The predicted molar refractivity (Wildman–Crippen MR) is 102 cm³/mol. The van der Waals surface area contributed by atoms with Gasteiger partial charge in [-0.1, -0.05) is 48.3 Å². The number of halogens is 2. The van der Waals surface area contributed by atoms with Crippen LogP contribution in [-0.2, 0) is 14.3 Å². The zero-order valence-electron chi connectivity index (χ0n) is 14.4. The number of para-hydroxylation sites is 1. The van der Waals surface area contributed by atoms with Gasteiger partial charge in [0, 0.05) is 15.7 Å². The Morgan fingerprint density at radius 1 is 1.08 bits per heavy atom. The van der Waals surface area contributed by atoms with E-state index in [1.807, 2.05) is 6.07 Å². The molecule has 26 heavy (non-hydrogen) atoms. The maximum absolute atomic E-state index is 12.3. The van der Waals surface area contributed by atoms with Crippen LogP contribution < -0.4 is 10.1 Å². The number of hydrogen-bond acceptors (Lipinski definition) is 4. The van der Waals surface area contributed by atoms with E-state index in [4.69, 9.17) is 32.7 Å². The molecular formula is C19H19Cl2NO4. The lowest BCUT2D eigenvalue weighted by Gasteiger charge is -2.19. The monoisotopic (exact) mass is 395 g/mol.